The summed E-state index contributed by atoms with van der Waals surface area (Å²) < 4.78 is 1.02. The Balaban J connectivity index is 2.07. The number of carbonyl (C=O) groups is 1. The van der Waals surface area contributed by atoms with E-state index in [4.69, 9.17) is 5.11 Å². The van der Waals surface area contributed by atoms with Gasteiger partial charge in [0.2, 0.25) is 5.88 Å². The number of H-pyrrole nitrogens is 1. The maximum Gasteiger partial charge on any atom is 0.335 e. The van der Waals surface area contributed by atoms with Crippen molar-refractivity contribution in [3.8, 4) is 11.6 Å². The maximum atomic E-state index is 12.3. The molecule has 27 heavy (non-hydrogen) atoms. The molecule has 0 fully saturated rings. The third kappa shape index (κ3) is 3.79. The highest BCUT2D eigenvalue weighted by atomic mass is 16.4. The number of nitrogens with zero attached hydrogens (tertiary/aromatic N) is 2. The molecule has 0 aliphatic carbocycles. The van der Waals surface area contributed by atoms with Crippen molar-refractivity contribution < 1.29 is 15.0 Å². The van der Waals surface area contributed by atoms with Crippen LogP contribution in [-0.2, 0) is 4.79 Å². The molecule has 0 atom stereocenters. The Bertz CT molecular complexity index is 1140. The van der Waals surface area contributed by atoms with Crippen molar-refractivity contribution in [2.24, 2.45) is 4.99 Å². The van der Waals surface area contributed by atoms with Gasteiger partial charge in [0, 0.05) is 24.6 Å². The monoisotopic (exact) mass is 367 g/mol. The predicted octanol–water partition coefficient (Wildman–Crippen LogP) is 1.67. The van der Waals surface area contributed by atoms with Crippen molar-refractivity contribution in [1.82, 2.24) is 9.55 Å². The van der Waals surface area contributed by atoms with Crippen molar-refractivity contribution in [2.45, 2.75) is 12.8 Å². The van der Waals surface area contributed by atoms with Crippen LogP contribution < -0.4 is 11.2 Å². The Morgan fingerprint density at radius 2 is 1.89 bits per heavy atom. The molecule has 1 heterocycles. The molecule has 0 aliphatic heterocycles. The number of hydrogen-bond donors (Lipinski definition) is 3. The Morgan fingerprint density at radius 1 is 1.15 bits per heavy atom. The lowest BCUT2D eigenvalue weighted by atomic mass is 10.1. The minimum Gasteiger partial charge on any atom is -0.493 e. The summed E-state index contributed by atoms with van der Waals surface area (Å²) >= 11 is 0. The van der Waals surface area contributed by atoms with Crippen molar-refractivity contribution >= 4 is 23.0 Å². The molecule has 0 amide bonds. The second kappa shape index (κ2) is 7.69. The summed E-state index contributed by atoms with van der Waals surface area (Å²) in [6, 6.07) is 12.6. The van der Waals surface area contributed by atoms with E-state index in [1.807, 2.05) is 24.3 Å². The van der Waals surface area contributed by atoms with Crippen LogP contribution in [0.4, 0.5) is 0 Å². The summed E-state index contributed by atoms with van der Waals surface area (Å²) in [4.78, 5) is 41.1. The molecule has 0 saturated heterocycles. The van der Waals surface area contributed by atoms with Crippen LogP contribution in [0.25, 0.3) is 16.5 Å². The lowest BCUT2D eigenvalue weighted by molar-refractivity contribution is -0.137. The van der Waals surface area contributed by atoms with E-state index in [1.54, 1.807) is 18.2 Å². The molecule has 3 rings (SSSR count). The van der Waals surface area contributed by atoms with Gasteiger partial charge in [-0.1, -0.05) is 36.4 Å². The maximum absolute atomic E-state index is 12.3. The number of aromatic hydroxyl groups is 1. The molecule has 3 N–H and O–H groups in total. The predicted molar refractivity (Wildman–Crippen MR) is 101 cm³/mol. The number of aromatic nitrogens is 2. The first-order valence-electron chi connectivity index (χ1n) is 8.27. The lowest BCUT2D eigenvalue weighted by Gasteiger charge is -2.12. The van der Waals surface area contributed by atoms with Gasteiger partial charge in [0.25, 0.3) is 5.56 Å². The molecule has 0 radical (unpaired) electrons. The summed E-state index contributed by atoms with van der Waals surface area (Å²) in [5.41, 5.74) is -1.28. The van der Waals surface area contributed by atoms with Gasteiger partial charge in [-0.2, -0.15) is 0 Å². The summed E-state index contributed by atoms with van der Waals surface area (Å²) in [5, 5.41) is 20.8. The molecule has 0 spiro atoms. The largest absolute Gasteiger partial charge is 0.493 e. The Labute approximate surface area is 153 Å². The smallest absolute Gasteiger partial charge is 0.335 e. The van der Waals surface area contributed by atoms with Gasteiger partial charge in [0.15, 0.2) is 0 Å². The molecule has 8 nitrogen and oxygen atoms in total. The fourth-order valence-corrected chi connectivity index (χ4v) is 2.76. The number of hydrogen-bond acceptors (Lipinski definition) is 5. The highest BCUT2D eigenvalue weighted by molar-refractivity contribution is 5.91. The van der Waals surface area contributed by atoms with Crippen LogP contribution in [0.15, 0.2) is 57.0 Å². The third-order valence-electron chi connectivity index (χ3n) is 4.03. The fourth-order valence-electron chi connectivity index (χ4n) is 2.76. The van der Waals surface area contributed by atoms with Crippen LogP contribution in [0.5, 0.6) is 5.88 Å². The van der Waals surface area contributed by atoms with Crippen LogP contribution in [0.3, 0.4) is 0 Å². The molecule has 138 valence electrons. The number of rotatable bonds is 6. The van der Waals surface area contributed by atoms with Crippen molar-refractivity contribution in [2.75, 3.05) is 6.54 Å². The van der Waals surface area contributed by atoms with E-state index in [0.717, 1.165) is 21.6 Å². The first kappa shape index (κ1) is 18.1. The van der Waals surface area contributed by atoms with Gasteiger partial charge in [-0.15, -0.1) is 0 Å². The second-order valence-corrected chi connectivity index (χ2v) is 5.86. The van der Waals surface area contributed by atoms with Gasteiger partial charge < -0.3 is 10.2 Å². The van der Waals surface area contributed by atoms with Gasteiger partial charge in [0.05, 0.1) is 5.69 Å². The van der Waals surface area contributed by atoms with E-state index < -0.39 is 23.1 Å². The van der Waals surface area contributed by atoms with Gasteiger partial charge in [-0.05, 0) is 17.9 Å². The first-order chi connectivity index (χ1) is 13.0. The zero-order valence-corrected chi connectivity index (χ0v) is 14.3. The van der Waals surface area contributed by atoms with Crippen LogP contribution in [0.2, 0.25) is 0 Å². The van der Waals surface area contributed by atoms with Crippen LogP contribution in [-0.4, -0.2) is 38.5 Å². The molecule has 0 bridgehead atoms. The number of aliphatic imine (C=N–C) groups is 1. The number of carboxylic acid groups (broad SMARTS) is 1. The number of carboxylic acids is 1. The normalized spacial score (nSPS) is 11.3. The quantitative estimate of drug-likeness (QED) is 0.451. The number of benzene rings is 2. The van der Waals surface area contributed by atoms with E-state index in [-0.39, 0.29) is 18.5 Å². The summed E-state index contributed by atoms with van der Waals surface area (Å²) in [6.45, 7) is 0.179. The number of aliphatic carboxylic acids is 1. The first-order valence-corrected chi connectivity index (χ1v) is 8.27. The average molecular weight is 367 g/mol. The zero-order valence-electron chi connectivity index (χ0n) is 14.3. The van der Waals surface area contributed by atoms with E-state index in [1.165, 1.54) is 0 Å². The Kier molecular flexibility index (Phi) is 5.16. The number of fused-ring (bicyclic) bond motifs is 1. The Hall–Kier alpha value is -3.68. The minimum absolute atomic E-state index is 0.0464. The number of aromatic amines is 1. The average Bonchev–Trinajstić information content (AvgIpc) is 2.63. The van der Waals surface area contributed by atoms with Gasteiger partial charge >= 0.3 is 11.7 Å². The molecule has 8 heteroatoms. The van der Waals surface area contributed by atoms with Gasteiger partial charge in [-0.3, -0.25) is 19.6 Å². The van der Waals surface area contributed by atoms with E-state index >= 15 is 0 Å². The molecule has 1 aromatic heterocycles. The summed E-state index contributed by atoms with van der Waals surface area (Å²) in [7, 11) is 0. The van der Waals surface area contributed by atoms with Gasteiger partial charge in [0.1, 0.15) is 5.56 Å². The second-order valence-electron chi connectivity index (χ2n) is 5.86. The standard InChI is InChI=1S/C19H17N3O5/c23-16(24)9-4-10-20-11-14-17(25)21-19(27)22(18(14)26)15-8-3-6-12-5-1-2-7-13(12)15/h1-3,5-8,11,26H,4,9-10H2,(H,23,24)(H,21,25,27). The van der Waals surface area contributed by atoms with E-state index in [2.05, 4.69) is 9.98 Å². The molecular formula is C19H17N3O5. The van der Waals surface area contributed by atoms with E-state index in [0.29, 0.717) is 12.1 Å². The van der Waals surface area contributed by atoms with Crippen molar-refractivity contribution in [3.05, 3.63) is 68.9 Å². The molecule has 2 aromatic carbocycles. The topological polar surface area (TPSA) is 125 Å². The highest BCUT2D eigenvalue weighted by Gasteiger charge is 2.15. The molecule has 3 aromatic rings. The molecular weight excluding hydrogens is 350 g/mol. The van der Waals surface area contributed by atoms with Crippen LogP contribution in [0, 0.1) is 0 Å². The molecule has 0 unspecified atom stereocenters. The fraction of sp³-hybridized carbons (Fsp3) is 0.158. The Morgan fingerprint density at radius 3 is 2.67 bits per heavy atom. The van der Waals surface area contributed by atoms with Crippen molar-refractivity contribution in [3.63, 3.8) is 0 Å². The van der Waals surface area contributed by atoms with Crippen molar-refractivity contribution in [1.29, 1.82) is 0 Å². The minimum atomic E-state index is -0.935. The van der Waals surface area contributed by atoms with E-state index in [9.17, 15) is 19.5 Å². The highest BCUT2D eigenvalue weighted by Crippen LogP contribution is 2.24. The number of nitrogens with one attached hydrogen (secondary N) is 1. The SMILES string of the molecule is O=C(O)CCCN=Cc1c(O)n(-c2cccc3ccccc23)c(=O)[nH]c1=O. The zero-order chi connectivity index (χ0) is 19.4. The van der Waals surface area contributed by atoms with Gasteiger partial charge in [-0.25, -0.2) is 9.36 Å². The molecule has 0 aliphatic rings. The lowest BCUT2D eigenvalue weighted by Crippen LogP contribution is -2.31. The summed E-state index contributed by atoms with van der Waals surface area (Å²) in [5.74, 6) is -1.46. The summed E-state index contributed by atoms with van der Waals surface area (Å²) in [6.07, 6.45) is 1.40. The van der Waals surface area contributed by atoms with Crippen LogP contribution in [0.1, 0.15) is 18.4 Å². The molecule has 0 saturated carbocycles. The third-order valence-corrected chi connectivity index (χ3v) is 4.03. The van der Waals surface area contributed by atoms with Crippen LogP contribution >= 0.6 is 0 Å².